The number of carbonyl (C=O) groups is 1. The zero-order chi connectivity index (χ0) is 19.6. The average Bonchev–Trinajstić information content (AvgIpc) is 2.57. The molecule has 1 rings (SSSR count). The molecular weight excluding hydrogens is 341 g/mol. The maximum Gasteiger partial charge on any atom is 0.471 e. The summed E-state index contributed by atoms with van der Waals surface area (Å²) in [6.45, 7) is 6.76. The fraction of sp³-hybridized carbons (Fsp3) is 0.550. The number of hydrogen-bond acceptors (Lipinski definition) is 2. The summed E-state index contributed by atoms with van der Waals surface area (Å²) in [4.78, 5) is 10.7. The van der Waals surface area contributed by atoms with Crippen molar-refractivity contribution in [3.05, 3.63) is 35.9 Å². The van der Waals surface area contributed by atoms with E-state index in [2.05, 4.69) is 38.2 Å². The third kappa shape index (κ3) is 7.93. The maximum absolute atomic E-state index is 12.1. The Morgan fingerprint density at radius 2 is 1.77 bits per heavy atom. The van der Waals surface area contributed by atoms with E-state index in [9.17, 15) is 18.0 Å². The van der Waals surface area contributed by atoms with Crippen molar-refractivity contribution < 1.29 is 18.0 Å². The molecule has 6 heteroatoms. The number of nitrogens with one attached hydrogen (secondary N) is 2. The Bertz CT molecular complexity index is 591. The zero-order valence-electron chi connectivity index (χ0n) is 15.7. The fourth-order valence-corrected chi connectivity index (χ4v) is 2.97. The molecule has 0 saturated heterocycles. The number of amides is 1. The highest BCUT2D eigenvalue weighted by Crippen LogP contribution is 2.31. The molecule has 0 aromatic heterocycles. The van der Waals surface area contributed by atoms with Crippen LogP contribution in [0, 0.1) is 5.41 Å². The number of alkyl halides is 3. The van der Waals surface area contributed by atoms with Crippen molar-refractivity contribution in [3.8, 4) is 0 Å². The molecule has 0 fully saturated rings. The van der Waals surface area contributed by atoms with Crippen molar-refractivity contribution in [2.45, 2.75) is 52.6 Å². The molecule has 2 N–H and O–H groups in total. The Morgan fingerprint density at radius 3 is 2.35 bits per heavy atom. The van der Waals surface area contributed by atoms with Crippen molar-refractivity contribution in [2.75, 3.05) is 18.4 Å². The minimum Gasteiger partial charge on any atom is -0.383 e. The molecule has 0 aliphatic heterocycles. The number of carbonyl (C=O) groups excluding carboxylic acids is 1. The molecule has 0 saturated carbocycles. The summed E-state index contributed by atoms with van der Waals surface area (Å²) < 4.78 is 36.3. The number of rotatable bonds is 10. The highest BCUT2D eigenvalue weighted by atomic mass is 19.4. The van der Waals surface area contributed by atoms with E-state index in [1.807, 2.05) is 29.6 Å². The summed E-state index contributed by atoms with van der Waals surface area (Å²) in [5.41, 5.74) is 2.02. The van der Waals surface area contributed by atoms with Gasteiger partial charge in [0.25, 0.3) is 0 Å². The molecule has 0 heterocycles. The second-order valence-corrected chi connectivity index (χ2v) is 6.79. The van der Waals surface area contributed by atoms with Crippen LogP contribution in [0.3, 0.4) is 0 Å². The van der Waals surface area contributed by atoms with Crippen LogP contribution < -0.4 is 10.6 Å². The largest absolute Gasteiger partial charge is 0.471 e. The predicted molar refractivity (Wildman–Crippen MR) is 101 cm³/mol. The van der Waals surface area contributed by atoms with Crippen LogP contribution in [0.4, 0.5) is 18.9 Å². The molecule has 0 spiro atoms. The number of anilines is 1. The van der Waals surface area contributed by atoms with Gasteiger partial charge in [-0.05, 0) is 36.0 Å². The maximum atomic E-state index is 12.1. The molecule has 0 aliphatic carbocycles. The molecule has 146 valence electrons. The third-order valence-electron chi connectivity index (χ3n) is 4.20. The van der Waals surface area contributed by atoms with Crippen molar-refractivity contribution in [3.63, 3.8) is 0 Å². The van der Waals surface area contributed by atoms with E-state index in [0.29, 0.717) is 0 Å². The van der Waals surface area contributed by atoms with Gasteiger partial charge in [0.15, 0.2) is 0 Å². The molecule has 0 aliphatic rings. The van der Waals surface area contributed by atoms with Crippen LogP contribution in [0.2, 0.25) is 0 Å². The van der Waals surface area contributed by atoms with Crippen LogP contribution >= 0.6 is 0 Å². The molecule has 0 atom stereocenters. The highest BCUT2D eigenvalue weighted by Gasteiger charge is 2.38. The van der Waals surface area contributed by atoms with Crippen LogP contribution in [0.1, 0.15) is 52.0 Å². The summed E-state index contributed by atoms with van der Waals surface area (Å²) in [6.07, 6.45) is 4.04. The van der Waals surface area contributed by atoms with Crippen molar-refractivity contribution >= 4 is 17.7 Å². The molecule has 1 amide bonds. The predicted octanol–water partition coefficient (Wildman–Crippen LogP) is 5.40. The molecular formula is C20H29F3N2O. The monoisotopic (exact) mass is 370 g/mol. The number of benzene rings is 1. The molecule has 26 heavy (non-hydrogen) atoms. The lowest BCUT2D eigenvalue weighted by molar-refractivity contribution is -0.173. The number of hydrogen-bond donors (Lipinski definition) is 2. The highest BCUT2D eigenvalue weighted by molar-refractivity contribution is 5.81. The first-order valence-electron chi connectivity index (χ1n) is 9.08. The molecule has 1 aromatic rings. The van der Waals surface area contributed by atoms with Gasteiger partial charge in [-0.15, -0.1) is 0 Å². The number of halogens is 3. The lowest BCUT2D eigenvalue weighted by Gasteiger charge is -2.25. The zero-order valence-corrected chi connectivity index (χ0v) is 15.7. The summed E-state index contributed by atoms with van der Waals surface area (Å²) in [6, 6.07) is 7.68. The van der Waals surface area contributed by atoms with E-state index in [1.165, 1.54) is 0 Å². The second kappa shape index (κ2) is 10.2. The van der Waals surface area contributed by atoms with E-state index in [0.717, 1.165) is 36.9 Å². The number of allylic oxidation sites excluding steroid dienone is 1. The minimum atomic E-state index is -4.84. The Labute approximate surface area is 154 Å². The first kappa shape index (κ1) is 22.1. The molecule has 3 nitrogen and oxygen atoms in total. The SMILES string of the molecule is CCCC(C)(C=Cc1cccc(NCCNC(=O)C(F)(F)F)c1)CCC. The van der Waals surface area contributed by atoms with Crippen molar-refractivity contribution in [2.24, 2.45) is 5.41 Å². The Morgan fingerprint density at radius 1 is 1.12 bits per heavy atom. The van der Waals surface area contributed by atoms with Gasteiger partial charge in [-0.25, -0.2) is 0 Å². The van der Waals surface area contributed by atoms with Crippen LogP contribution in [0.25, 0.3) is 6.08 Å². The van der Waals surface area contributed by atoms with Crippen molar-refractivity contribution in [1.82, 2.24) is 5.32 Å². The first-order chi connectivity index (χ1) is 12.2. The fourth-order valence-electron chi connectivity index (χ4n) is 2.97. The smallest absolute Gasteiger partial charge is 0.383 e. The van der Waals surface area contributed by atoms with Gasteiger partial charge in [0.2, 0.25) is 0 Å². The second-order valence-electron chi connectivity index (χ2n) is 6.79. The first-order valence-corrected chi connectivity index (χ1v) is 9.08. The van der Waals surface area contributed by atoms with Crippen LogP contribution in [-0.2, 0) is 4.79 Å². The van der Waals surface area contributed by atoms with E-state index in [4.69, 9.17) is 0 Å². The molecule has 0 unspecified atom stereocenters. The lowest BCUT2D eigenvalue weighted by atomic mass is 9.81. The van der Waals surface area contributed by atoms with Crippen LogP contribution in [-0.4, -0.2) is 25.2 Å². The van der Waals surface area contributed by atoms with Gasteiger partial charge in [0.05, 0.1) is 0 Å². The van der Waals surface area contributed by atoms with E-state index < -0.39 is 12.1 Å². The van der Waals surface area contributed by atoms with Gasteiger partial charge in [0, 0.05) is 18.8 Å². The van der Waals surface area contributed by atoms with Gasteiger partial charge in [-0.2, -0.15) is 13.2 Å². The molecule has 1 aromatic carbocycles. The van der Waals surface area contributed by atoms with Gasteiger partial charge in [-0.3, -0.25) is 4.79 Å². The standard InChI is InChI=1S/C20H29F3N2O/c1-4-10-19(3,11-5-2)12-9-16-7-6-8-17(15-16)24-13-14-25-18(26)20(21,22)23/h6-9,12,15,24H,4-5,10-11,13-14H2,1-3H3,(H,25,26). The minimum absolute atomic E-state index is 0.0938. The van der Waals surface area contributed by atoms with Gasteiger partial charge < -0.3 is 10.6 Å². The average molecular weight is 370 g/mol. The molecule has 0 bridgehead atoms. The summed E-state index contributed by atoms with van der Waals surface area (Å²) >= 11 is 0. The van der Waals surface area contributed by atoms with E-state index in [1.54, 1.807) is 0 Å². The van der Waals surface area contributed by atoms with Crippen molar-refractivity contribution in [1.29, 1.82) is 0 Å². The van der Waals surface area contributed by atoms with Crippen LogP contribution in [0.15, 0.2) is 30.3 Å². The van der Waals surface area contributed by atoms with Gasteiger partial charge in [-0.1, -0.05) is 57.9 Å². The quantitative estimate of drug-likeness (QED) is 0.542. The summed E-state index contributed by atoms with van der Waals surface area (Å²) in [5, 5.41) is 4.86. The Hall–Kier alpha value is -1.98. The summed E-state index contributed by atoms with van der Waals surface area (Å²) in [7, 11) is 0. The molecule has 0 radical (unpaired) electrons. The lowest BCUT2D eigenvalue weighted by Crippen LogP contribution is -2.39. The normalized spacial score (nSPS) is 12.4. The summed E-state index contributed by atoms with van der Waals surface area (Å²) in [5.74, 6) is -1.91. The Balaban J connectivity index is 2.59. The van der Waals surface area contributed by atoms with E-state index >= 15 is 0 Å². The van der Waals surface area contributed by atoms with Crippen LogP contribution in [0.5, 0.6) is 0 Å². The third-order valence-corrected chi connectivity index (χ3v) is 4.20. The van der Waals surface area contributed by atoms with E-state index in [-0.39, 0.29) is 18.5 Å². The Kier molecular flexibility index (Phi) is 8.69. The van der Waals surface area contributed by atoms with Gasteiger partial charge >= 0.3 is 12.1 Å². The topological polar surface area (TPSA) is 41.1 Å². The van der Waals surface area contributed by atoms with Gasteiger partial charge in [0.1, 0.15) is 0 Å².